The Bertz CT molecular complexity index is 899. The van der Waals surface area contributed by atoms with Crippen molar-refractivity contribution < 1.29 is 28.1 Å². The van der Waals surface area contributed by atoms with Gasteiger partial charge in [-0.3, -0.25) is 0 Å². The number of aliphatic hydroxyl groups is 1. The number of rotatable bonds is 6. The van der Waals surface area contributed by atoms with Gasteiger partial charge >= 0.3 is 6.29 Å². The smallest absolute Gasteiger partial charge is 0.496 e. The van der Waals surface area contributed by atoms with Crippen LogP contribution in [0.2, 0.25) is 0 Å². The van der Waals surface area contributed by atoms with E-state index in [1.807, 2.05) is 0 Å². The zero-order valence-corrected chi connectivity index (χ0v) is 14.6. The lowest BCUT2D eigenvalue weighted by molar-refractivity contribution is -0.286. The van der Waals surface area contributed by atoms with E-state index in [1.165, 1.54) is 25.3 Å². The number of likely N-dealkylation sites (N-methyl/N-ethyl adjacent to an activating group) is 1. The number of alkyl halides is 2. The molecule has 142 valence electrons. The number of halogens is 2. The topological polar surface area (TPSA) is 83.8 Å². The van der Waals surface area contributed by atoms with Crippen LogP contribution in [0.25, 0.3) is 11.1 Å². The first-order valence-electron chi connectivity index (χ1n) is 8.03. The fraction of sp³-hybridized carbons (Fsp3) is 0.211. The molecular weight excluding hydrogens is 358 g/mol. The first kappa shape index (κ1) is 18.7. The van der Waals surface area contributed by atoms with Gasteiger partial charge in [0.05, 0.1) is 7.11 Å². The van der Waals surface area contributed by atoms with Gasteiger partial charge < -0.3 is 30.0 Å². The first-order chi connectivity index (χ1) is 12.9. The molecule has 0 spiro atoms. The van der Waals surface area contributed by atoms with Crippen molar-refractivity contribution in [2.75, 3.05) is 14.2 Å². The Balaban J connectivity index is 2.03. The molecule has 8 heteroatoms. The van der Waals surface area contributed by atoms with Crippen molar-refractivity contribution in [2.45, 2.75) is 12.4 Å². The highest BCUT2D eigenvalue weighted by Crippen LogP contribution is 2.44. The van der Waals surface area contributed by atoms with E-state index in [0.717, 1.165) is 6.21 Å². The third-order valence-electron chi connectivity index (χ3n) is 4.10. The molecule has 2 aromatic rings. The first-order valence-corrected chi connectivity index (χ1v) is 8.03. The minimum Gasteiger partial charge on any atom is -0.496 e. The van der Waals surface area contributed by atoms with Crippen LogP contribution in [0.1, 0.15) is 11.7 Å². The Kier molecular flexibility index (Phi) is 5.00. The highest BCUT2D eigenvalue weighted by Gasteiger charge is 2.43. The fourth-order valence-corrected chi connectivity index (χ4v) is 2.82. The summed E-state index contributed by atoms with van der Waals surface area (Å²) in [5.41, 5.74) is 2.12. The molecule has 3 rings (SSSR count). The van der Waals surface area contributed by atoms with Crippen LogP contribution in [0.5, 0.6) is 17.2 Å². The van der Waals surface area contributed by atoms with Crippen molar-refractivity contribution in [1.82, 2.24) is 5.32 Å². The number of fused-ring (bicyclic) bond motifs is 1. The maximum absolute atomic E-state index is 13.3. The molecule has 0 amide bonds. The number of ether oxygens (including phenoxy) is 3. The molecule has 6 nitrogen and oxygen atoms in total. The molecule has 0 fully saturated rings. The van der Waals surface area contributed by atoms with Gasteiger partial charge in [0.2, 0.25) is 0 Å². The van der Waals surface area contributed by atoms with Crippen LogP contribution in [-0.4, -0.2) is 31.8 Å². The number of hydrogen-bond donors (Lipinski definition) is 3. The summed E-state index contributed by atoms with van der Waals surface area (Å²) in [6.45, 7) is 0. The van der Waals surface area contributed by atoms with Gasteiger partial charge in [-0.1, -0.05) is 12.1 Å². The number of methoxy groups -OCH3 is 1. The second-order valence-electron chi connectivity index (χ2n) is 5.73. The summed E-state index contributed by atoms with van der Waals surface area (Å²) in [4.78, 5) is 0. The standard InChI is InChI=1S/C19H18F2N2O4/c1-23-14(7-8-22)18(24)12-4-5-15(25-2)13(9-12)11-3-6-16-17(10-11)27-19(20,21)26-16/h3-10,18,22-24H,1-2H3/b14-7-,22-8?. The zero-order chi connectivity index (χ0) is 19.6. The van der Waals surface area contributed by atoms with Gasteiger partial charge in [-0.25, -0.2) is 0 Å². The molecule has 1 aliphatic rings. The van der Waals surface area contributed by atoms with Gasteiger partial charge in [0, 0.05) is 24.5 Å². The van der Waals surface area contributed by atoms with E-state index in [0.29, 0.717) is 28.1 Å². The Hall–Kier alpha value is -3.13. The molecule has 0 radical (unpaired) electrons. The molecule has 0 aromatic heterocycles. The number of benzene rings is 2. The monoisotopic (exact) mass is 376 g/mol. The number of nitrogens with one attached hydrogen (secondary N) is 2. The fourth-order valence-electron chi connectivity index (χ4n) is 2.82. The second-order valence-corrected chi connectivity index (χ2v) is 5.73. The van der Waals surface area contributed by atoms with Crippen molar-refractivity contribution >= 4 is 6.21 Å². The third kappa shape index (κ3) is 3.70. The Morgan fingerprint density at radius 1 is 1.22 bits per heavy atom. The highest BCUT2D eigenvalue weighted by molar-refractivity contribution is 5.74. The van der Waals surface area contributed by atoms with E-state index in [4.69, 9.17) is 10.1 Å². The zero-order valence-electron chi connectivity index (χ0n) is 14.6. The lowest BCUT2D eigenvalue weighted by Gasteiger charge is -2.17. The molecule has 0 bridgehead atoms. The largest absolute Gasteiger partial charge is 0.586 e. The van der Waals surface area contributed by atoms with E-state index < -0.39 is 12.4 Å². The van der Waals surface area contributed by atoms with Gasteiger partial charge in [-0.2, -0.15) is 0 Å². The van der Waals surface area contributed by atoms with Crippen LogP contribution in [0, 0.1) is 5.41 Å². The highest BCUT2D eigenvalue weighted by atomic mass is 19.3. The number of aliphatic hydroxyl groups excluding tert-OH is 1. The van der Waals surface area contributed by atoms with Crippen LogP contribution in [0.4, 0.5) is 8.78 Å². The molecule has 0 aliphatic carbocycles. The molecule has 0 saturated carbocycles. The van der Waals surface area contributed by atoms with E-state index >= 15 is 0 Å². The van der Waals surface area contributed by atoms with Crippen LogP contribution < -0.4 is 19.5 Å². The maximum atomic E-state index is 13.3. The molecule has 1 aliphatic heterocycles. The predicted molar refractivity (Wildman–Crippen MR) is 95.5 cm³/mol. The van der Waals surface area contributed by atoms with Crippen LogP contribution in [0.3, 0.4) is 0 Å². The SMILES string of the molecule is CN/C(=C\C=N)C(O)c1ccc(OC)c(-c2ccc3c(c2)OC(F)(F)O3)c1. The Morgan fingerprint density at radius 3 is 2.63 bits per heavy atom. The van der Waals surface area contributed by atoms with Crippen molar-refractivity contribution in [3.63, 3.8) is 0 Å². The van der Waals surface area contributed by atoms with Crippen LogP contribution in [0.15, 0.2) is 48.2 Å². The van der Waals surface area contributed by atoms with Gasteiger partial charge in [-0.05, 0) is 41.5 Å². The molecule has 3 N–H and O–H groups in total. The van der Waals surface area contributed by atoms with Crippen molar-refractivity contribution in [1.29, 1.82) is 5.41 Å². The lowest BCUT2D eigenvalue weighted by Crippen LogP contribution is -2.25. The minimum atomic E-state index is -3.69. The summed E-state index contributed by atoms with van der Waals surface area (Å²) in [6, 6.07) is 9.46. The number of hydrogen-bond acceptors (Lipinski definition) is 6. The average molecular weight is 376 g/mol. The molecular formula is C19H18F2N2O4. The van der Waals surface area contributed by atoms with Crippen molar-refractivity contribution in [3.05, 3.63) is 53.7 Å². The molecule has 2 aromatic carbocycles. The van der Waals surface area contributed by atoms with Crippen molar-refractivity contribution in [3.8, 4) is 28.4 Å². The van der Waals surface area contributed by atoms with E-state index in [2.05, 4.69) is 14.8 Å². The van der Waals surface area contributed by atoms with Crippen LogP contribution >= 0.6 is 0 Å². The average Bonchev–Trinajstić information content (AvgIpc) is 2.97. The maximum Gasteiger partial charge on any atom is 0.586 e. The summed E-state index contributed by atoms with van der Waals surface area (Å²) in [5.74, 6) is 0.369. The van der Waals surface area contributed by atoms with E-state index in [9.17, 15) is 13.9 Å². The molecule has 27 heavy (non-hydrogen) atoms. The molecule has 1 atom stereocenters. The summed E-state index contributed by atoms with van der Waals surface area (Å²) >= 11 is 0. The van der Waals surface area contributed by atoms with Crippen LogP contribution in [-0.2, 0) is 0 Å². The normalized spacial score (nSPS) is 16.0. The summed E-state index contributed by atoms with van der Waals surface area (Å²) < 4.78 is 40.8. The lowest BCUT2D eigenvalue weighted by atomic mass is 9.98. The summed E-state index contributed by atoms with van der Waals surface area (Å²) in [5, 5.41) is 20.6. The van der Waals surface area contributed by atoms with E-state index in [-0.39, 0.29) is 11.5 Å². The van der Waals surface area contributed by atoms with Gasteiger partial charge in [-0.15, -0.1) is 8.78 Å². The third-order valence-corrected chi connectivity index (χ3v) is 4.10. The quantitative estimate of drug-likeness (QED) is 0.673. The molecule has 1 unspecified atom stereocenters. The predicted octanol–water partition coefficient (Wildman–Crippen LogP) is 3.47. The van der Waals surface area contributed by atoms with Gasteiger partial charge in [0.1, 0.15) is 11.9 Å². The summed E-state index contributed by atoms with van der Waals surface area (Å²) in [6.07, 6.45) is -2.18. The second kappa shape index (κ2) is 7.24. The number of allylic oxidation sites excluding steroid dienone is 1. The minimum absolute atomic E-state index is 0.0507. The van der Waals surface area contributed by atoms with E-state index in [1.54, 1.807) is 31.3 Å². The Labute approximate surface area is 154 Å². The van der Waals surface area contributed by atoms with Gasteiger partial charge in [0.25, 0.3) is 0 Å². The molecule has 1 heterocycles. The molecule has 0 saturated heterocycles. The Morgan fingerprint density at radius 2 is 1.96 bits per heavy atom. The van der Waals surface area contributed by atoms with Crippen molar-refractivity contribution in [2.24, 2.45) is 0 Å². The van der Waals surface area contributed by atoms with Gasteiger partial charge in [0.15, 0.2) is 11.5 Å². The summed E-state index contributed by atoms with van der Waals surface area (Å²) in [7, 11) is 3.13.